The van der Waals surface area contributed by atoms with E-state index in [2.05, 4.69) is 0 Å². The Balaban J connectivity index is 1.51. The molecule has 0 bridgehead atoms. The molecule has 6 rings (SSSR count). The van der Waals surface area contributed by atoms with Crippen LogP contribution in [0.4, 0.5) is 11.6 Å². The van der Waals surface area contributed by atoms with Gasteiger partial charge in [-0.15, -0.1) is 0 Å². The van der Waals surface area contributed by atoms with E-state index in [0.29, 0.717) is 12.4 Å². The number of hydrogen-bond acceptors (Lipinski definition) is 7. The third-order valence-corrected chi connectivity index (χ3v) is 6.64. The summed E-state index contributed by atoms with van der Waals surface area (Å²) in [4.78, 5) is 21.0. The summed E-state index contributed by atoms with van der Waals surface area (Å²) in [7, 11) is 1.63. The Hall–Kier alpha value is -5.11. The molecule has 0 saturated heterocycles. The fourth-order valence-corrected chi connectivity index (χ4v) is 4.74. The molecular formula is C30H23N5O3. The van der Waals surface area contributed by atoms with Crippen molar-refractivity contribution < 1.29 is 9.66 Å². The third kappa shape index (κ3) is 4.32. The number of hydrazone groups is 1. The maximum absolute atomic E-state index is 11.5. The predicted molar refractivity (Wildman–Crippen MR) is 147 cm³/mol. The number of nitrogens with zero attached hydrogens (tertiary/aromatic N) is 5. The van der Waals surface area contributed by atoms with Gasteiger partial charge in [-0.1, -0.05) is 60.7 Å². The molecule has 0 unspecified atom stereocenters. The number of methoxy groups -OCH3 is 1. The molecule has 0 spiro atoms. The second-order valence-corrected chi connectivity index (χ2v) is 8.95. The van der Waals surface area contributed by atoms with E-state index in [-0.39, 0.29) is 16.7 Å². The highest BCUT2D eigenvalue weighted by Gasteiger charge is 2.33. The zero-order valence-corrected chi connectivity index (χ0v) is 20.6. The van der Waals surface area contributed by atoms with E-state index >= 15 is 0 Å². The molecule has 1 aliphatic rings. The molecular weight excluding hydrogens is 478 g/mol. The van der Waals surface area contributed by atoms with Gasteiger partial charge in [0.2, 0.25) is 5.95 Å². The third-order valence-electron chi connectivity index (χ3n) is 6.64. The minimum absolute atomic E-state index is 0.0322. The minimum atomic E-state index is -0.381. The monoisotopic (exact) mass is 501 g/mol. The summed E-state index contributed by atoms with van der Waals surface area (Å²) < 4.78 is 5.31. The molecule has 1 aliphatic heterocycles. The van der Waals surface area contributed by atoms with Crippen molar-refractivity contribution in [1.82, 2.24) is 9.97 Å². The highest BCUT2D eigenvalue weighted by molar-refractivity contribution is 6.03. The van der Waals surface area contributed by atoms with E-state index in [1.807, 2.05) is 84.9 Å². The van der Waals surface area contributed by atoms with Crippen molar-refractivity contribution in [2.24, 2.45) is 5.10 Å². The number of rotatable bonds is 6. The minimum Gasteiger partial charge on any atom is -0.497 e. The van der Waals surface area contributed by atoms with Crippen molar-refractivity contribution in [3.8, 4) is 17.0 Å². The van der Waals surface area contributed by atoms with Crippen LogP contribution in [0.3, 0.4) is 0 Å². The van der Waals surface area contributed by atoms with Crippen LogP contribution in [0.25, 0.3) is 22.2 Å². The highest BCUT2D eigenvalue weighted by atomic mass is 16.6. The van der Waals surface area contributed by atoms with Crippen LogP contribution in [0.15, 0.2) is 108 Å². The first-order valence-electron chi connectivity index (χ1n) is 12.2. The number of hydrogen-bond donors (Lipinski definition) is 0. The molecule has 4 aromatic carbocycles. The van der Waals surface area contributed by atoms with Gasteiger partial charge in [-0.25, -0.2) is 15.0 Å². The Kier molecular flexibility index (Phi) is 5.97. The van der Waals surface area contributed by atoms with Gasteiger partial charge in [-0.3, -0.25) is 10.1 Å². The molecule has 0 aliphatic carbocycles. The van der Waals surface area contributed by atoms with E-state index in [9.17, 15) is 10.1 Å². The zero-order chi connectivity index (χ0) is 26.1. The van der Waals surface area contributed by atoms with Gasteiger partial charge < -0.3 is 4.74 Å². The largest absolute Gasteiger partial charge is 0.497 e. The van der Waals surface area contributed by atoms with Crippen molar-refractivity contribution in [3.05, 3.63) is 124 Å². The van der Waals surface area contributed by atoms with Crippen LogP contribution >= 0.6 is 0 Å². The summed E-state index contributed by atoms with van der Waals surface area (Å²) >= 11 is 0. The molecule has 0 amide bonds. The van der Waals surface area contributed by atoms with E-state index in [4.69, 9.17) is 19.8 Å². The van der Waals surface area contributed by atoms with Gasteiger partial charge in [-0.05, 0) is 41.5 Å². The fraction of sp³-hybridized carbons (Fsp3) is 0.100. The first kappa shape index (κ1) is 23.3. The van der Waals surface area contributed by atoms with Crippen LogP contribution in [0.1, 0.15) is 23.6 Å². The summed E-state index contributed by atoms with van der Waals surface area (Å²) in [5.41, 5.74) is 5.14. The van der Waals surface area contributed by atoms with Gasteiger partial charge in [0.15, 0.2) is 0 Å². The second kappa shape index (κ2) is 9.74. The van der Waals surface area contributed by atoms with E-state index in [1.54, 1.807) is 24.3 Å². The van der Waals surface area contributed by atoms with Gasteiger partial charge >= 0.3 is 0 Å². The Labute approximate surface area is 219 Å². The Morgan fingerprint density at radius 1 is 0.868 bits per heavy atom. The maximum Gasteiger partial charge on any atom is 0.269 e. The standard InChI is InChI=1S/C30H23N5O3/c1-38-24-16-14-20(15-17-24)27-19-28(22-10-7-11-23(18-22)35(36)37)34(33-27)30-31-26-13-6-5-12-25(26)29(32-30)21-8-3-2-4-9-21/h2-18,28H,19H2,1H3/t28-/m0/s1. The number of ether oxygens (including phenoxy) is 1. The summed E-state index contributed by atoms with van der Waals surface area (Å²) in [5.74, 6) is 1.19. The van der Waals surface area contributed by atoms with E-state index in [1.165, 1.54) is 6.07 Å². The Morgan fingerprint density at radius 3 is 2.39 bits per heavy atom. The number of anilines is 1. The molecule has 186 valence electrons. The number of benzene rings is 4. The van der Waals surface area contributed by atoms with Crippen molar-refractivity contribution in [3.63, 3.8) is 0 Å². The van der Waals surface area contributed by atoms with E-state index in [0.717, 1.165) is 44.7 Å². The quantitative estimate of drug-likeness (QED) is 0.193. The predicted octanol–water partition coefficient (Wildman–Crippen LogP) is 6.57. The van der Waals surface area contributed by atoms with Gasteiger partial charge in [0.1, 0.15) is 5.75 Å². The lowest BCUT2D eigenvalue weighted by molar-refractivity contribution is -0.384. The van der Waals surface area contributed by atoms with Crippen molar-refractivity contribution in [1.29, 1.82) is 0 Å². The summed E-state index contributed by atoms with van der Waals surface area (Å²) in [6.07, 6.45) is 0.532. The van der Waals surface area contributed by atoms with Crippen LogP contribution in [0, 0.1) is 10.1 Å². The molecule has 0 N–H and O–H groups in total. The lowest BCUT2D eigenvalue weighted by Crippen LogP contribution is -2.21. The average Bonchev–Trinajstić information content (AvgIpc) is 3.43. The lowest BCUT2D eigenvalue weighted by Gasteiger charge is -2.23. The van der Waals surface area contributed by atoms with Gasteiger partial charge in [0.25, 0.3) is 5.69 Å². The molecule has 0 saturated carbocycles. The summed E-state index contributed by atoms with van der Waals surface area (Å²) in [6, 6.07) is 31.9. The number of nitro benzene ring substituents is 1. The molecule has 1 atom stereocenters. The van der Waals surface area contributed by atoms with Crippen molar-refractivity contribution in [2.75, 3.05) is 12.1 Å². The molecule has 2 heterocycles. The number of nitro groups is 1. The molecule has 8 heteroatoms. The smallest absolute Gasteiger partial charge is 0.269 e. The SMILES string of the molecule is COc1ccc(C2=NN(c3nc(-c4ccccc4)c4ccccc4n3)[C@H](c3cccc([N+](=O)[O-])c3)C2)cc1. The van der Waals surface area contributed by atoms with Crippen LogP contribution in [0.5, 0.6) is 5.75 Å². The molecule has 0 radical (unpaired) electrons. The van der Waals surface area contributed by atoms with Crippen LogP contribution < -0.4 is 9.75 Å². The number of fused-ring (bicyclic) bond motifs is 1. The molecule has 8 nitrogen and oxygen atoms in total. The first-order valence-corrected chi connectivity index (χ1v) is 12.2. The highest BCUT2D eigenvalue weighted by Crippen LogP contribution is 2.38. The van der Waals surface area contributed by atoms with Gasteiger partial charge in [0, 0.05) is 29.5 Å². The first-order chi connectivity index (χ1) is 18.6. The summed E-state index contributed by atoms with van der Waals surface area (Å²) in [6.45, 7) is 0. The summed E-state index contributed by atoms with van der Waals surface area (Å²) in [5, 5.41) is 19.2. The Morgan fingerprint density at radius 2 is 1.63 bits per heavy atom. The van der Waals surface area contributed by atoms with E-state index < -0.39 is 0 Å². The lowest BCUT2D eigenvalue weighted by atomic mass is 9.98. The van der Waals surface area contributed by atoms with Crippen LogP contribution in [-0.2, 0) is 0 Å². The van der Waals surface area contributed by atoms with Crippen LogP contribution in [0.2, 0.25) is 0 Å². The topological polar surface area (TPSA) is 93.8 Å². The molecule has 0 fully saturated rings. The molecule has 38 heavy (non-hydrogen) atoms. The average molecular weight is 502 g/mol. The normalized spacial score (nSPS) is 14.9. The molecule has 5 aromatic rings. The Bertz CT molecular complexity index is 1670. The number of aromatic nitrogens is 2. The van der Waals surface area contributed by atoms with Crippen LogP contribution in [-0.4, -0.2) is 27.7 Å². The van der Waals surface area contributed by atoms with Gasteiger partial charge in [-0.2, -0.15) is 5.10 Å². The molecule has 1 aromatic heterocycles. The van der Waals surface area contributed by atoms with Crippen molar-refractivity contribution in [2.45, 2.75) is 12.5 Å². The fourth-order valence-electron chi connectivity index (χ4n) is 4.74. The second-order valence-electron chi connectivity index (χ2n) is 8.95. The van der Waals surface area contributed by atoms with Gasteiger partial charge in [0.05, 0.1) is 35.0 Å². The number of para-hydroxylation sites is 1. The number of non-ortho nitro benzene ring substituents is 1. The van der Waals surface area contributed by atoms with Crippen molar-refractivity contribution >= 4 is 28.3 Å². The maximum atomic E-state index is 11.5. The zero-order valence-electron chi connectivity index (χ0n) is 20.6.